The second kappa shape index (κ2) is 9.69. The van der Waals surface area contributed by atoms with Crippen molar-refractivity contribution in [2.24, 2.45) is 0 Å². The number of likely N-dealkylation sites (N-methyl/N-ethyl adjacent to an activating group) is 1. The number of carbonyl (C=O) groups is 1. The van der Waals surface area contributed by atoms with Gasteiger partial charge >= 0.3 is 0 Å². The van der Waals surface area contributed by atoms with Crippen LogP contribution in [0, 0.1) is 5.82 Å². The first-order chi connectivity index (χ1) is 14.3. The molecular formula is C23H23ClFN3O2. The van der Waals surface area contributed by atoms with Gasteiger partial charge in [-0.05, 0) is 49.5 Å². The number of hydrogen-bond donors (Lipinski definition) is 1. The van der Waals surface area contributed by atoms with Crippen LogP contribution in [-0.4, -0.2) is 36.0 Å². The number of benzene rings is 2. The van der Waals surface area contributed by atoms with E-state index in [4.69, 9.17) is 11.6 Å². The zero-order chi connectivity index (χ0) is 21.7. The van der Waals surface area contributed by atoms with Gasteiger partial charge in [-0.1, -0.05) is 41.9 Å². The average Bonchev–Trinajstić information content (AvgIpc) is 2.71. The van der Waals surface area contributed by atoms with Gasteiger partial charge in [0.15, 0.2) is 0 Å². The first kappa shape index (κ1) is 21.7. The summed E-state index contributed by atoms with van der Waals surface area (Å²) >= 11 is 6.19. The van der Waals surface area contributed by atoms with E-state index in [1.54, 1.807) is 12.1 Å². The maximum atomic E-state index is 13.6. The quantitative estimate of drug-likeness (QED) is 0.625. The summed E-state index contributed by atoms with van der Waals surface area (Å²) in [7, 11) is 3.73. The van der Waals surface area contributed by atoms with Crippen LogP contribution in [0.4, 0.5) is 4.39 Å². The summed E-state index contributed by atoms with van der Waals surface area (Å²) in [4.78, 5) is 26.8. The van der Waals surface area contributed by atoms with E-state index in [0.717, 1.165) is 11.1 Å². The Morgan fingerprint density at radius 3 is 2.60 bits per heavy atom. The third kappa shape index (κ3) is 5.34. The SMILES string of the molecule is CN(C)[C@@H](CNC(=O)c1ccc(=O)n(Cc2ccccc2Cl)c1)c1cccc(F)c1. The van der Waals surface area contributed by atoms with Gasteiger partial charge in [-0.15, -0.1) is 0 Å². The number of nitrogens with one attached hydrogen (secondary N) is 1. The summed E-state index contributed by atoms with van der Waals surface area (Å²) in [6.45, 7) is 0.558. The molecule has 1 atom stereocenters. The molecule has 1 aromatic heterocycles. The Morgan fingerprint density at radius 2 is 1.90 bits per heavy atom. The molecule has 0 saturated carbocycles. The number of pyridine rings is 1. The number of halogens is 2. The van der Waals surface area contributed by atoms with E-state index in [0.29, 0.717) is 17.1 Å². The maximum Gasteiger partial charge on any atom is 0.252 e. The molecule has 2 aromatic carbocycles. The lowest BCUT2D eigenvalue weighted by Gasteiger charge is -2.25. The van der Waals surface area contributed by atoms with Gasteiger partial charge in [0, 0.05) is 23.8 Å². The topological polar surface area (TPSA) is 54.3 Å². The van der Waals surface area contributed by atoms with Crippen LogP contribution < -0.4 is 10.9 Å². The van der Waals surface area contributed by atoms with Crippen molar-refractivity contribution in [3.8, 4) is 0 Å². The molecule has 156 valence electrons. The summed E-state index contributed by atoms with van der Waals surface area (Å²) in [6.07, 6.45) is 1.52. The van der Waals surface area contributed by atoms with E-state index < -0.39 is 0 Å². The van der Waals surface area contributed by atoms with Gasteiger partial charge in [-0.25, -0.2) is 4.39 Å². The van der Waals surface area contributed by atoms with Gasteiger partial charge in [-0.3, -0.25) is 9.59 Å². The van der Waals surface area contributed by atoms with E-state index in [1.807, 2.05) is 43.3 Å². The molecule has 3 rings (SSSR count). The Morgan fingerprint density at radius 1 is 1.13 bits per heavy atom. The molecular weight excluding hydrogens is 405 g/mol. The zero-order valence-corrected chi connectivity index (χ0v) is 17.6. The van der Waals surface area contributed by atoms with Crippen molar-refractivity contribution < 1.29 is 9.18 Å². The minimum Gasteiger partial charge on any atom is -0.350 e. The molecule has 0 aliphatic carbocycles. The molecule has 0 fully saturated rings. The Bertz CT molecular complexity index is 1100. The largest absolute Gasteiger partial charge is 0.350 e. The summed E-state index contributed by atoms with van der Waals surface area (Å²) in [5.41, 5.74) is 1.69. The Hall–Kier alpha value is -2.96. The minimum absolute atomic E-state index is 0.196. The van der Waals surface area contributed by atoms with Gasteiger partial charge in [0.2, 0.25) is 0 Å². The number of carbonyl (C=O) groups excluding carboxylic acids is 1. The fourth-order valence-electron chi connectivity index (χ4n) is 3.20. The smallest absolute Gasteiger partial charge is 0.252 e. The molecule has 0 radical (unpaired) electrons. The summed E-state index contributed by atoms with van der Waals surface area (Å²) < 4.78 is 15.0. The molecule has 1 N–H and O–H groups in total. The highest BCUT2D eigenvalue weighted by molar-refractivity contribution is 6.31. The van der Waals surface area contributed by atoms with Crippen LogP contribution in [-0.2, 0) is 6.54 Å². The molecule has 7 heteroatoms. The molecule has 0 aliphatic heterocycles. The molecule has 0 saturated heterocycles. The van der Waals surface area contributed by atoms with Gasteiger partial charge in [0.25, 0.3) is 11.5 Å². The molecule has 5 nitrogen and oxygen atoms in total. The van der Waals surface area contributed by atoms with Crippen molar-refractivity contribution in [1.82, 2.24) is 14.8 Å². The van der Waals surface area contributed by atoms with Crippen LogP contribution in [0.25, 0.3) is 0 Å². The number of amides is 1. The Labute approximate surface area is 179 Å². The fourth-order valence-corrected chi connectivity index (χ4v) is 3.40. The van der Waals surface area contributed by atoms with E-state index in [-0.39, 0.29) is 29.9 Å². The predicted molar refractivity (Wildman–Crippen MR) is 116 cm³/mol. The van der Waals surface area contributed by atoms with Crippen molar-refractivity contribution in [3.05, 3.63) is 105 Å². The molecule has 1 amide bonds. The van der Waals surface area contributed by atoms with E-state index in [2.05, 4.69) is 5.32 Å². The molecule has 0 unspecified atom stereocenters. The number of aromatic nitrogens is 1. The second-order valence-electron chi connectivity index (χ2n) is 7.22. The maximum absolute atomic E-state index is 13.6. The van der Waals surface area contributed by atoms with Gasteiger partial charge < -0.3 is 14.8 Å². The van der Waals surface area contributed by atoms with E-state index in [9.17, 15) is 14.0 Å². The van der Waals surface area contributed by atoms with Gasteiger partial charge in [0.1, 0.15) is 5.82 Å². The standard InChI is InChI=1S/C23H23ClFN3O2/c1-27(2)21(16-7-5-8-19(25)12-16)13-26-23(30)18-10-11-22(29)28(15-18)14-17-6-3-4-9-20(17)24/h3-12,15,21H,13-14H2,1-2H3,(H,26,30)/t21-/m0/s1. The average molecular weight is 428 g/mol. The van der Waals surface area contributed by atoms with Gasteiger partial charge in [-0.2, -0.15) is 0 Å². The van der Waals surface area contributed by atoms with Crippen molar-refractivity contribution in [1.29, 1.82) is 0 Å². The molecule has 3 aromatic rings. The van der Waals surface area contributed by atoms with E-state index >= 15 is 0 Å². The van der Waals surface area contributed by atoms with Crippen LogP contribution in [0.1, 0.15) is 27.5 Å². The highest BCUT2D eigenvalue weighted by atomic mass is 35.5. The van der Waals surface area contributed by atoms with Gasteiger partial charge in [0.05, 0.1) is 18.2 Å². The Balaban J connectivity index is 1.75. The van der Waals surface area contributed by atoms with Crippen LogP contribution >= 0.6 is 11.6 Å². The first-order valence-electron chi connectivity index (χ1n) is 9.49. The lowest BCUT2D eigenvalue weighted by atomic mass is 10.1. The molecule has 0 bridgehead atoms. The van der Waals surface area contributed by atoms with Crippen LogP contribution in [0.3, 0.4) is 0 Å². The van der Waals surface area contributed by atoms with Crippen molar-refractivity contribution >= 4 is 17.5 Å². The zero-order valence-electron chi connectivity index (χ0n) is 16.8. The molecule has 0 spiro atoms. The first-order valence-corrected chi connectivity index (χ1v) is 9.87. The monoisotopic (exact) mass is 427 g/mol. The van der Waals surface area contributed by atoms with Crippen LogP contribution in [0.15, 0.2) is 71.7 Å². The molecule has 1 heterocycles. The summed E-state index contributed by atoms with van der Waals surface area (Å²) in [6, 6.07) is 16.2. The van der Waals surface area contributed by atoms with E-state index in [1.165, 1.54) is 35.0 Å². The lowest BCUT2D eigenvalue weighted by Crippen LogP contribution is -2.35. The highest BCUT2D eigenvalue weighted by Crippen LogP contribution is 2.19. The molecule has 0 aliphatic rings. The third-order valence-electron chi connectivity index (χ3n) is 4.86. The Kier molecular flexibility index (Phi) is 7.03. The lowest BCUT2D eigenvalue weighted by molar-refractivity contribution is 0.0941. The highest BCUT2D eigenvalue weighted by Gasteiger charge is 2.17. The van der Waals surface area contributed by atoms with Crippen molar-refractivity contribution in [2.45, 2.75) is 12.6 Å². The minimum atomic E-state index is -0.322. The second-order valence-corrected chi connectivity index (χ2v) is 7.63. The van der Waals surface area contributed by atoms with Crippen molar-refractivity contribution in [2.75, 3.05) is 20.6 Å². The van der Waals surface area contributed by atoms with Crippen molar-refractivity contribution in [3.63, 3.8) is 0 Å². The number of hydrogen-bond acceptors (Lipinski definition) is 3. The number of rotatable bonds is 7. The fraction of sp³-hybridized carbons (Fsp3) is 0.217. The number of nitrogens with zero attached hydrogens (tertiary/aromatic N) is 2. The summed E-state index contributed by atoms with van der Waals surface area (Å²) in [5.74, 6) is -0.636. The predicted octanol–water partition coefficient (Wildman–Crippen LogP) is 3.72. The molecule has 30 heavy (non-hydrogen) atoms. The van der Waals surface area contributed by atoms with Crippen LogP contribution in [0.2, 0.25) is 5.02 Å². The third-order valence-corrected chi connectivity index (χ3v) is 5.23. The van der Waals surface area contributed by atoms with Crippen LogP contribution in [0.5, 0.6) is 0 Å². The normalized spacial score (nSPS) is 12.0. The summed E-state index contributed by atoms with van der Waals surface area (Å²) in [5, 5.41) is 3.43.